The number of nitrogens with zero attached hydrogens (tertiary/aromatic N) is 17. The van der Waals surface area contributed by atoms with Crippen LogP contribution in [0.2, 0.25) is 5.02 Å². The number of anilines is 8. The summed E-state index contributed by atoms with van der Waals surface area (Å²) in [6.45, 7) is 11.5. The fourth-order valence-electron chi connectivity index (χ4n) is 12.5. The average molecular weight is 1820 g/mol. The number of aromatic nitrogens is 18. The lowest BCUT2D eigenvalue weighted by molar-refractivity contribution is -0.121. The first-order valence-electron chi connectivity index (χ1n) is 41.5. The third-order valence-corrected chi connectivity index (χ3v) is 20.1. The molecule has 682 valence electrons. The molecule has 17 aromatic rings. The Morgan fingerprint density at radius 1 is 0.366 bits per heavy atom. The molecule has 37 heteroatoms. The molecule has 7 aromatic carbocycles. The molecule has 0 saturated heterocycles. The number of ketones is 2. The molecule has 36 nitrogen and oxygen atoms in total. The third-order valence-electron chi connectivity index (χ3n) is 19.8. The summed E-state index contributed by atoms with van der Waals surface area (Å²) in [5, 5.41) is 1.22. The topological polar surface area (TPSA) is 558 Å². The molecule has 0 aliphatic carbocycles. The molecule has 0 amide bonds. The van der Waals surface area contributed by atoms with Crippen molar-refractivity contribution in [2.45, 2.75) is 80.3 Å². The zero-order chi connectivity index (χ0) is 96.5. The SMILES string of the molecule is CCC(CC)CC(=O)Cn1ccc(N)nc1=O.Cc1cc(-n2cc(C)c(N)nc2=O)ccn1.Cc1cn(-c2ccccc2)c(=O)nc1N.Cc1cnc(=O)[nH]c1N.Nc1ccn(-c2cccc(-c3ccccc3)c2)c(=O)n1.Nc1ccn(-c2cnc3ccccc3c2)c(=O)n1.Nc1ccn(CC(=O)Cc2ccccc2)c(=O)n1.Nc1nc(=O)n(-c2ccc(-c3ccccc3)cc2)cc1Cl. The zero-order valence-electron chi connectivity index (χ0n) is 73.8. The van der Waals surface area contributed by atoms with E-state index in [0.717, 1.165) is 91.0 Å². The minimum absolute atomic E-state index is 0.0149. The van der Waals surface area contributed by atoms with E-state index in [1.165, 1.54) is 68.9 Å². The molecule has 0 fully saturated rings. The third kappa shape index (κ3) is 28.8. The second-order valence-electron chi connectivity index (χ2n) is 29.7. The summed E-state index contributed by atoms with van der Waals surface area (Å²) in [6.07, 6.45) is 18.6. The van der Waals surface area contributed by atoms with Crippen molar-refractivity contribution in [2.24, 2.45) is 5.92 Å². The van der Waals surface area contributed by atoms with Crippen LogP contribution in [-0.2, 0) is 29.1 Å². The number of hydrogen-bond donors (Lipinski definition) is 9. The number of aryl methyl sites for hydroxylation is 4. The van der Waals surface area contributed by atoms with Crippen LogP contribution < -0.4 is 91.4 Å². The Morgan fingerprint density at radius 3 is 1.31 bits per heavy atom. The number of nitrogens with two attached hydrogens (primary N) is 8. The fraction of sp³-hybridized carbons (Fsp3) is 0.134. The minimum atomic E-state index is -0.503. The lowest BCUT2D eigenvalue weighted by Gasteiger charge is -2.11. The number of rotatable bonds is 17. The Kier molecular flexibility index (Phi) is 35.1. The lowest BCUT2D eigenvalue weighted by atomic mass is 9.97. The smallest absolute Gasteiger partial charge is 0.354 e. The Bertz CT molecular complexity index is 7420. The van der Waals surface area contributed by atoms with Gasteiger partial charge < -0.3 is 45.9 Å². The standard InChI is InChI=1S/C16H12ClN3O.C16H13N3O.C13H10N4O.C13H13N3O2.C12H19N3O2.C11H12N4O.C11H11N3O.C5H7N3O/c17-14-10-20(16(21)19-15(14)18)13-8-6-12(7-9-13)11-4-2-1-3-5-11;17-15-9-10-19(16(20)18-15)14-8-4-7-13(11-14)12-5-2-1-3-6-12;14-12-5-6-17(13(18)16-12)10-7-9-3-1-2-4-11(9)15-8-10;14-12-6-7-16(13(18)15-12)9-11(17)8-10-4-2-1-3-5-10;1-3-9(4-2)7-10(16)8-15-6-5-11(13)14-12(15)17;1-7-6-15(11(16)14-10(7)12)9-3-4-13-8(2)5-9;1-8-7-14(11(15)13-10(8)12)9-5-3-2-4-6-9;1-3-2-7-5(9)8-4(3)6/h1-10H,(H2,18,19,21);1-11H,(H2,17,18,20);1-8H,(H2,14,16,18);1-7H,8-9H2,(H2,14,15,18);5-6,9H,3-4,7-8H2,1-2H3,(H2,13,14,17);3-6H,1-2H3,(H2,12,14,16);2-7H,1H3,(H2,12,13,15);2H,1H3,(H3,6,7,8,9). The number of nitrogen functional groups attached to an aromatic ring is 8. The van der Waals surface area contributed by atoms with Gasteiger partial charge in [-0.1, -0.05) is 190 Å². The van der Waals surface area contributed by atoms with Crippen LogP contribution >= 0.6 is 11.6 Å². The Labute approximate surface area is 771 Å². The number of aromatic amines is 1. The Balaban J connectivity index is 0.000000160. The van der Waals surface area contributed by atoms with Gasteiger partial charge >= 0.3 is 45.5 Å². The quantitative estimate of drug-likeness (QED) is 0.0409. The van der Waals surface area contributed by atoms with E-state index >= 15 is 0 Å². The number of H-pyrrole nitrogens is 1. The molecular weight excluding hydrogens is 1720 g/mol. The van der Waals surface area contributed by atoms with Crippen molar-refractivity contribution in [1.29, 1.82) is 0 Å². The van der Waals surface area contributed by atoms with Crippen LogP contribution in [0.5, 0.6) is 0 Å². The number of hydrogen-bond acceptors (Lipinski definition) is 28. The van der Waals surface area contributed by atoms with E-state index in [0.29, 0.717) is 36.0 Å². The molecule has 17 rings (SSSR count). The molecule has 0 aliphatic rings. The van der Waals surface area contributed by atoms with Gasteiger partial charge in [-0.25, -0.2) is 43.3 Å². The predicted octanol–water partition coefficient (Wildman–Crippen LogP) is 10.4. The van der Waals surface area contributed by atoms with Crippen molar-refractivity contribution in [1.82, 2.24) is 86.8 Å². The van der Waals surface area contributed by atoms with Gasteiger partial charge in [-0.05, 0) is 146 Å². The van der Waals surface area contributed by atoms with E-state index in [1.54, 1.807) is 62.3 Å². The first-order valence-corrected chi connectivity index (χ1v) is 41.8. The highest BCUT2D eigenvalue weighted by atomic mass is 35.5. The van der Waals surface area contributed by atoms with E-state index in [9.17, 15) is 47.9 Å². The molecule has 10 aromatic heterocycles. The molecule has 0 radical (unpaired) electrons. The van der Waals surface area contributed by atoms with Crippen LogP contribution in [0.15, 0.2) is 337 Å². The second-order valence-corrected chi connectivity index (χ2v) is 30.1. The number of carbonyl (C=O) groups is 2. The number of pyridine rings is 2. The molecule has 0 aliphatic heterocycles. The molecule has 0 saturated carbocycles. The number of benzene rings is 7. The van der Waals surface area contributed by atoms with E-state index in [4.69, 9.17) is 57.5 Å². The number of nitrogens with one attached hydrogen (secondary N) is 1. The number of carbonyl (C=O) groups excluding carboxylic acids is 2. The second kappa shape index (κ2) is 47.8. The summed E-state index contributed by atoms with van der Waals surface area (Å²) < 4.78 is 9.74. The highest BCUT2D eigenvalue weighted by Crippen LogP contribution is 2.25. The molecule has 0 bridgehead atoms. The van der Waals surface area contributed by atoms with Crippen LogP contribution in [0.3, 0.4) is 0 Å². The maximum absolute atomic E-state index is 11.9. The predicted molar refractivity (Wildman–Crippen MR) is 523 cm³/mol. The van der Waals surface area contributed by atoms with Gasteiger partial charge in [0.1, 0.15) is 46.5 Å². The fourth-order valence-corrected chi connectivity index (χ4v) is 12.7. The van der Waals surface area contributed by atoms with Gasteiger partial charge in [-0.15, -0.1) is 0 Å². The largest absolute Gasteiger partial charge is 0.385 e. The van der Waals surface area contributed by atoms with Crippen molar-refractivity contribution >= 4 is 80.6 Å². The molecule has 0 unspecified atom stereocenters. The van der Waals surface area contributed by atoms with Crippen LogP contribution in [-0.4, -0.2) is 98.4 Å². The summed E-state index contributed by atoms with van der Waals surface area (Å²) in [6, 6.07) is 73.4. The molecule has 0 spiro atoms. The van der Waals surface area contributed by atoms with E-state index < -0.39 is 28.4 Å². The maximum Gasteiger partial charge on any atom is 0.354 e. The van der Waals surface area contributed by atoms with Crippen molar-refractivity contribution in [3.8, 4) is 50.7 Å². The normalized spacial score (nSPS) is 10.4. The zero-order valence-corrected chi connectivity index (χ0v) is 74.5. The summed E-state index contributed by atoms with van der Waals surface area (Å²) >= 11 is 5.92. The van der Waals surface area contributed by atoms with Crippen LogP contribution in [0, 0.1) is 33.6 Å². The van der Waals surface area contributed by atoms with Crippen molar-refractivity contribution in [3.63, 3.8) is 0 Å². The highest BCUT2D eigenvalue weighted by Gasteiger charge is 2.15. The van der Waals surface area contributed by atoms with Gasteiger partial charge in [0.2, 0.25) is 0 Å². The van der Waals surface area contributed by atoms with Crippen LogP contribution in [0.25, 0.3) is 61.6 Å². The van der Waals surface area contributed by atoms with E-state index in [1.807, 2.05) is 227 Å². The first-order chi connectivity index (χ1) is 64.3. The minimum Gasteiger partial charge on any atom is -0.385 e. The van der Waals surface area contributed by atoms with Gasteiger partial charge in [0.05, 0.1) is 58.3 Å². The number of halogens is 1. The van der Waals surface area contributed by atoms with Gasteiger partial charge in [0.15, 0.2) is 11.6 Å². The molecular formula is C97H97ClN26O10. The van der Waals surface area contributed by atoms with Gasteiger partial charge in [0, 0.05) is 96.4 Å². The summed E-state index contributed by atoms with van der Waals surface area (Å²) in [7, 11) is 0. The average Bonchev–Trinajstić information content (AvgIpc) is 0.815. The number of Topliss-reactive ketones (excluding diaryl/α,β-unsaturated/α-hetero) is 2. The first kappa shape index (κ1) is 98.3. The molecule has 0 atom stereocenters. The van der Waals surface area contributed by atoms with Gasteiger partial charge in [0.25, 0.3) is 0 Å². The number of para-hydroxylation sites is 2. The summed E-state index contributed by atoms with van der Waals surface area (Å²) in [4.78, 5) is 155. The van der Waals surface area contributed by atoms with Crippen molar-refractivity contribution in [3.05, 3.63) is 415 Å². The van der Waals surface area contributed by atoms with Crippen LogP contribution in [0.1, 0.15) is 61.1 Å². The van der Waals surface area contributed by atoms with E-state index in [-0.39, 0.29) is 87.5 Å². The Hall–Kier alpha value is -17.8. The highest BCUT2D eigenvalue weighted by molar-refractivity contribution is 6.32. The van der Waals surface area contributed by atoms with E-state index in [2.05, 4.69) is 68.7 Å². The summed E-state index contributed by atoms with van der Waals surface area (Å²) in [5.41, 5.74) is 53.3. The summed E-state index contributed by atoms with van der Waals surface area (Å²) in [5.74, 6) is 2.18. The molecule has 17 N–H and O–H groups in total. The Morgan fingerprint density at radius 2 is 0.791 bits per heavy atom. The van der Waals surface area contributed by atoms with Gasteiger partial charge in [-0.3, -0.25) is 56.5 Å². The van der Waals surface area contributed by atoms with Crippen molar-refractivity contribution in [2.75, 3.05) is 45.9 Å². The van der Waals surface area contributed by atoms with Gasteiger partial charge in [-0.2, -0.15) is 34.9 Å². The monoisotopic (exact) mass is 1820 g/mol. The van der Waals surface area contributed by atoms with Crippen LogP contribution in [0.4, 0.5) is 46.5 Å². The number of fused-ring (bicyclic) bond motifs is 1. The lowest BCUT2D eigenvalue weighted by Crippen LogP contribution is -2.27. The van der Waals surface area contributed by atoms with Crippen molar-refractivity contribution < 1.29 is 9.59 Å². The molecule has 10 heterocycles. The molecule has 134 heavy (non-hydrogen) atoms. The maximum atomic E-state index is 11.9.